The average Bonchev–Trinajstić information content (AvgIpc) is 2.01. The molecule has 0 saturated carbocycles. The molecule has 0 aliphatic heterocycles. The van der Waals surface area contributed by atoms with Crippen molar-refractivity contribution in [3.63, 3.8) is 0 Å². The maximum Gasteiger partial charge on any atom is 0.0880 e. The Morgan fingerprint density at radius 2 is 2.33 bits per heavy atom. The van der Waals surface area contributed by atoms with Crippen LogP contribution in [0.25, 0.3) is 0 Å². The highest BCUT2D eigenvalue weighted by Gasteiger charge is 1.93. The summed E-state index contributed by atoms with van der Waals surface area (Å²) in [7, 11) is 0. The van der Waals surface area contributed by atoms with Gasteiger partial charge in [-0.05, 0) is 17.7 Å². The fourth-order valence-electron chi connectivity index (χ4n) is 0.743. The molecule has 0 heterocycles. The van der Waals surface area contributed by atoms with Gasteiger partial charge in [-0.15, -0.1) is 0 Å². The highest BCUT2D eigenvalue weighted by molar-refractivity contribution is 7.74. The van der Waals surface area contributed by atoms with Crippen molar-refractivity contribution in [3.05, 3.63) is 34.9 Å². The Bertz CT molecular complexity index is 290. The molecule has 1 aromatic rings. The number of benzene rings is 1. The van der Waals surface area contributed by atoms with E-state index in [-0.39, 0.29) is 6.61 Å². The maximum absolute atomic E-state index is 10.0. The summed E-state index contributed by atoms with van der Waals surface area (Å²) in [6.07, 6.45) is 0. The molecule has 5 heteroatoms. The predicted molar refractivity (Wildman–Crippen MR) is 45.2 cm³/mol. The van der Waals surface area contributed by atoms with E-state index in [0.29, 0.717) is 5.02 Å². The minimum atomic E-state index is -2.47. The molecule has 3 nitrogen and oxygen atoms in total. The molecule has 1 atom stereocenters. The van der Waals surface area contributed by atoms with E-state index in [2.05, 4.69) is 4.18 Å². The van der Waals surface area contributed by atoms with Gasteiger partial charge in [0.05, 0.1) is 18.0 Å². The van der Waals surface area contributed by atoms with Crippen LogP contribution in [0.2, 0.25) is 5.02 Å². The van der Waals surface area contributed by atoms with Crippen molar-refractivity contribution in [2.75, 3.05) is 0 Å². The van der Waals surface area contributed by atoms with Gasteiger partial charge in [0.2, 0.25) is 0 Å². The van der Waals surface area contributed by atoms with Gasteiger partial charge in [0, 0.05) is 5.02 Å². The van der Waals surface area contributed by atoms with E-state index >= 15 is 0 Å². The Balaban J connectivity index is 2.57. The molecule has 66 valence electrons. The van der Waals surface area contributed by atoms with Crippen LogP contribution in [0, 0.1) is 0 Å². The normalized spacial score (nSPS) is 12.8. The smallest absolute Gasteiger partial charge is 0.0880 e. The summed E-state index contributed by atoms with van der Waals surface area (Å²) in [4.78, 5) is 0. The van der Waals surface area contributed by atoms with Crippen LogP contribution in [0.4, 0.5) is 0 Å². The van der Waals surface area contributed by atoms with E-state index < -0.39 is 11.4 Å². The van der Waals surface area contributed by atoms with Crippen molar-refractivity contribution >= 4 is 23.0 Å². The van der Waals surface area contributed by atoms with Gasteiger partial charge in [-0.2, -0.15) is 0 Å². The number of hydrogen-bond donors (Lipinski definition) is 0. The summed E-state index contributed by atoms with van der Waals surface area (Å²) < 4.78 is 24.3. The van der Waals surface area contributed by atoms with E-state index in [9.17, 15) is 8.76 Å². The largest absolute Gasteiger partial charge is 0.750 e. The lowest BCUT2D eigenvalue weighted by atomic mass is 10.2. The highest BCUT2D eigenvalue weighted by atomic mass is 35.5. The Hall–Kier alpha value is -0.420. The van der Waals surface area contributed by atoms with E-state index in [1.165, 1.54) is 0 Å². The molecular formula is C7H6ClO3S-. The maximum atomic E-state index is 10.0. The van der Waals surface area contributed by atoms with Crippen molar-refractivity contribution in [2.45, 2.75) is 6.61 Å². The summed E-state index contributed by atoms with van der Waals surface area (Å²) in [5.74, 6) is 0. The zero-order valence-electron chi connectivity index (χ0n) is 6.03. The third-order valence-electron chi connectivity index (χ3n) is 1.21. The quantitative estimate of drug-likeness (QED) is 0.705. The molecule has 0 spiro atoms. The lowest BCUT2D eigenvalue weighted by Crippen LogP contribution is -1.95. The number of halogens is 1. The molecule has 0 fully saturated rings. The third-order valence-corrected chi connectivity index (χ3v) is 1.76. The van der Waals surface area contributed by atoms with Crippen molar-refractivity contribution in [1.82, 2.24) is 0 Å². The van der Waals surface area contributed by atoms with Gasteiger partial charge >= 0.3 is 0 Å². The molecule has 0 amide bonds. The first kappa shape index (κ1) is 9.67. The monoisotopic (exact) mass is 205 g/mol. The van der Waals surface area contributed by atoms with Crippen molar-refractivity contribution in [2.24, 2.45) is 0 Å². The SMILES string of the molecule is O=S([O-])OCc1cccc(Cl)c1. The van der Waals surface area contributed by atoms with Crippen molar-refractivity contribution in [3.8, 4) is 0 Å². The molecular weight excluding hydrogens is 200 g/mol. The van der Waals surface area contributed by atoms with Gasteiger partial charge in [0.15, 0.2) is 0 Å². The van der Waals surface area contributed by atoms with Crippen LogP contribution in [0.3, 0.4) is 0 Å². The van der Waals surface area contributed by atoms with Crippen LogP contribution < -0.4 is 0 Å². The second-order valence-electron chi connectivity index (χ2n) is 2.10. The van der Waals surface area contributed by atoms with Crippen LogP contribution in [-0.4, -0.2) is 8.76 Å². The summed E-state index contributed by atoms with van der Waals surface area (Å²) in [5, 5.41) is 0.563. The first-order valence-corrected chi connectivity index (χ1v) is 4.53. The van der Waals surface area contributed by atoms with Crippen LogP contribution in [0.5, 0.6) is 0 Å². The third kappa shape index (κ3) is 3.32. The molecule has 1 aromatic carbocycles. The molecule has 0 radical (unpaired) electrons. The summed E-state index contributed by atoms with van der Waals surface area (Å²) in [6, 6.07) is 6.82. The van der Waals surface area contributed by atoms with Gasteiger partial charge in [-0.1, -0.05) is 23.7 Å². The van der Waals surface area contributed by atoms with Crippen LogP contribution in [0.1, 0.15) is 5.56 Å². The molecule has 1 unspecified atom stereocenters. The number of rotatable bonds is 3. The highest BCUT2D eigenvalue weighted by Crippen LogP contribution is 2.11. The fourth-order valence-corrected chi connectivity index (χ4v) is 1.19. The molecule has 0 aliphatic carbocycles. The fraction of sp³-hybridized carbons (Fsp3) is 0.143. The van der Waals surface area contributed by atoms with Gasteiger partial charge in [0.1, 0.15) is 0 Å². The second-order valence-corrected chi connectivity index (χ2v) is 3.18. The van der Waals surface area contributed by atoms with Crippen LogP contribution in [0.15, 0.2) is 24.3 Å². The first-order chi connectivity index (χ1) is 5.68. The molecule has 0 N–H and O–H groups in total. The topological polar surface area (TPSA) is 49.4 Å². The van der Waals surface area contributed by atoms with E-state index in [0.717, 1.165) is 5.56 Å². The Kier molecular flexibility index (Phi) is 3.68. The minimum absolute atomic E-state index is 0.0245. The lowest BCUT2D eigenvalue weighted by molar-refractivity contribution is 0.291. The summed E-state index contributed by atoms with van der Waals surface area (Å²) in [6.45, 7) is 0.0245. The van der Waals surface area contributed by atoms with Crippen molar-refractivity contribution in [1.29, 1.82) is 0 Å². The Morgan fingerprint density at radius 3 is 2.92 bits per heavy atom. The molecule has 0 bridgehead atoms. The van der Waals surface area contributed by atoms with Crippen molar-refractivity contribution < 1.29 is 12.9 Å². The van der Waals surface area contributed by atoms with E-state index in [4.69, 9.17) is 11.6 Å². The Morgan fingerprint density at radius 1 is 1.58 bits per heavy atom. The van der Waals surface area contributed by atoms with Gasteiger partial charge in [-0.3, -0.25) is 4.18 Å². The summed E-state index contributed by atoms with van der Waals surface area (Å²) >= 11 is 3.18. The molecule has 0 aromatic heterocycles. The van der Waals surface area contributed by atoms with E-state index in [1.54, 1.807) is 24.3 Å². The zero-order chi connectivity index (χ0) is 8.97. The predicted octanol–water partition coefficient (Wildman–Crippen LogP) is 1.65. The number of hydrogen-bond acceptors (Lipinski definition) is 3. The van der Waals surface area contributed by atoms with Gasteiger partial charge < -0.3 is 4.55 Å². The van der Waals surface area contributed by atoms with Gasteiger partial charge in [-0.25, -0.2) is 4.21 Å². The average molecular weight is 206 g/mol. The molecule has 0 saturated heterocycles. The summed E-state index contributed by atoms with van der Waals surface area (Å²) in [5.41, 5.74) is 0.728. The van der Waals surface area contributed by atoms with Gasteiger partial charge in [0.25, 0.3) is 0 Å². The molecule has 12 heavy (non-hydrogen) atoms. The zero-order valence-corrected chi connectivity index (χ0v) is 7.60. The first-order valence-electron chi connectivity index (χ1n) is 3.15. The van der Waals surface area contributed by atoms with Crippen LogP contribution in [-0.2, 0) is 22.2 Å². The second kappa shape index (κ2) is 4.57. The molecule has 0 aliphatic rings. The lowest BCUT2D eigenvalue weighted by Gasteiger charge is -2.05. The van der Waals surface area contributed by atoms with E-state index in [1.807, 2.05) is 0 Å². The molecule has 1 rings (SSSR count). The standard InChI is InChI=1S/C7H7ClO3S/c8-7-3-1-2-6(4-7)5-11-12(9)10/h1-4H,5H2,(H,9,10)/p-1. The minimum Gasteiger partial charge on any atom is -0.750 e. The Labute approximate surface area is 77.8 Å². The van der Waals surface area contributed by atoms with Crippen LogP contribution >= 0.6 is 11.6 Å².